The van der Waals surface area contributed by atoms with E-state index in [9.17, 15) is 14.3 Å². The van der Waals surface area contributed by atoms with Gasteiger partial charge in [-0.2, -0.15) is 0 Å². The van der Waals surface area contributed by atoms with E-state index < -0.39 is 0 Å². The van der Waals surface area contributed by atoms with Crippen LogP contribution >= 0.6 is 0 Å². The molecule has 4 rings (SSSR count). The molecule has 1 aliphatic rings. The van der Waals surface area contributed by atoms with Gasteiger partial charge in [0, 0.05) is 25.0 Å². The average molecular weight is 418 g/mol. The minimum Gasteiger partial charge on any atom is -0.396 e. The molecular weight excluding hydrogens is 389 g/mol. The quantitative estimate of drug-likeness (QED) is 0.576. The Balaban J connectivity index is 1.50. The molecular formula is C27H28FNO2. The molecule has 1 saturated heterocycles. The van der Waals surface area contributed by atoms with Gasteiger partial charge in [-0.3, -0.25) is 4.79 Å². The molecule has 0 aromatic heterocycles. The van der Waals surface area contributed by atoms with Gasteiger partial charge >= 0.3 is 0 Å². The van der Waals surface area contributed by atoms with Crippen molar-refractivity contribution in [2.45, 2.75) is 37.6 Å². The summed E-state index contributed by atoms with van der Waals surface area (Å²) in [7, 11) is 0. The Hall–Kier alpha value is -2.98. The number of nitrogens with zero attached hydrogens (tertiary/aromatic N) is 1. The van der Waals surface area contributed by atoms with Crippen molar-refractivity contribution in [2.24, 2.45) is 0 Å². The van der Waals surface area contributed by atoms with E-state index >= 15 is 0 Å². The second kappa shape index (κ2) is 9.03. The van der Waals surface area contributed by atoms with Gasteiger partial charge in [-0.25, -0.2) is 4.39 Å². The summed E-state index contributed by atoms with van der Waals surface area (Å²) < 4.78 is 13.2. The molecule has 0 unspecified atom stereocenters. The van der Waals surface area contributed by atoms with Crippen molar-refractivity contribution < 1.29 is 14.3 Å². The Morgan fingerprint density at radius 3 is 2.16 bits per heavy atom. The zero-order chi connectivity index (χ0) is 21.8. The number of aliphatic hydroxyl groups is 1. The van der Waals surface area contributed by atoms with E-state index in [4.69, 9.17) is 0 Å². The Morgan fingerprint density at radius 1 is 0.968 bits per heavy atom. The highest BCUT2D eigenvalue weighted by atomic mass is 19.1. The summed E-state index contributed by atoms with van der Waals surface area (Å²) >= 11 is 0. The van der Waals surface area contributed by atoms with Crippen LogP contribution < -0.4 is 0 Å². The van der Waals surface area contributed by atoms with Gasteiger partial charge in [-0.1, -0.05) is 66.7 Å². The number of hydrogen-bond acceptors (Lipinski definition) is 2. The van der Waals surface area contributed by atoms with Gasteiger partial charge in [0.1, 0.15) is 5.82 Å². The summed E-state index contributed by atoms with van der Waals surface area (Å²) in [5.74, 6) is -0.121. The van der Waals surface area contributed by atoms with Crippen molar-refractivity contribution in [3.05, 3.63) is 95.8 Å². The number of carbonyl (C=O) groups excluding carboxylic acids is 1. The van der Waals surface area contributed by atoms with E-state index in [1.165, 1.54) is 12.1 Å². The summed E-state index contributed by atoms with van der Waals surface area (Å²) in [5.41, 5.74) is 3.90. The lowest BCUT2D eigenvalue weighted by Crippen LogP contribution is -2.47. The number of amides is 1. The van der Waals surface area contributed by atoms with Crippen LogP contribution in [0.4, 0.5) is 4.39 Å². The third-order valence-corrected chi connectivity index (χ3v) is 6.66. The lowest BCUT2D eigenvalue weighted by Gasteiger charge is -2.43. The number of rotatable bonds is 6. The Bertz CT molecular complexity index is 1020. The molecule has 1 fully saturated rings. The van der Waals surface area contributed by atoms with Crippen molar-refractivity contribution in [3.63, 3.8) is 0 Å². The lowest BCUT2D eigenvalue weighted by atomic mass is 9.70. The van der Waals surface area contributed by atoms with Gasteiger partial charge < -0.3 is 10.0 Å². The van der Waals surface area contributed by atoms with Crippen molar-refractivity contribution in [2.75, 3.05) is 13.2 Å². The molecule has 3 nitrogen and oxygen atoms in total. The zero-order valence-electron chi connectivity index (χ0n) is 17.8. The molecule has 1 N–H and O–H groups in total. The molecule has 0 radical (unpaired) electrons. The Morgan fingerprint density at radius 2 is 1.58 bits per heavy atom. The number of piperidine rings is 1. The maximum atomic E-state index is 13.2. The fraction of sp³-hybridized carbons (Fsp3) is 0.296. The number of halogens is 1. The summed E-state index contributed by atoms with van der Waals surface area (Å²) in [4.78, 5) is 15.2. The average Bonchev–Trinajstić information content (AvgIpc) is 2.80. The molecule has 1 amide bonds. The van der Waals surface area contributed by atoms with Gasteiger partial charge in [0.2, 0.25) is 5.91 Å². The monoisotopic (exact) mass is 417 g/mol. The van der Waals surface area contributed by atoms with Gasteiger partial charge in [0.15, 0.2) is 0 Å². The highest BCUT2D eigenvalue weighted by Gasteiger charge is 2.41. The first-order chi connectivity index (χ1) is 15.0. The van der Waals surface area contributed by atoms with Crippen LogP contribution in [-0.2, 0) is 10.2 Å². The first-order valence-electron chi connectivity index (χ1n) is 10.8. The summed E-state index contributed by atoms with van der Waals surface area (Å²) in [6, 6.07) is 24.7. The molecule has 1 heterocycles. The van der Waals surface area contributed by atoms with E-state index in [-0.39, 0.29) is 29.8 Å². The molecule has 3 aromatic carbocycles. The smallest absolute Gasteiger partial charge is 0.223 e. The van der Waals surface area contributed by atoms with Crippen LogP contribution in [0.2, 0.25) is 0 Å². The van der Waals surface area contributed by atoms with Gasteiger partial charge in [-0.05, 0) is 54.2 Å². The molecule has 31 heavy (non-hydrogen) atoms. The van der Waals surface area contributed by atoms with Crippen LogP contribution in [0, 0.1) is 5.82 Å². The highest BCUT2D eigenvalue weighted by molar-refractivity contribution is 5.79. The standard InChI is InChI=1S/C27H28FNO2/c1-20(21-7-9-22(10-8-21)23-11-13-25(28)14-12-23)29-17-15-27(16-18-30,19-26(29)31)24-5-3-2-4-6-24/h2-14,20,30H,15-19H2,1H3/t20-,27-/m0/s1. The van der Waals surface area contributed by atoms with Crippen LogP contribution in [0.1, 0.15) is 43.4 Å². The third-order valence-electron chi connectivity index (χ3n) is 6.66. The summed E-state index contributed by atoms with van der Waals surface area (Å²) in [6.45, 7) is 2.80. The van der Waals surface area contributed by atoms with Gasteiger partial charge in [0.05, 0.1) is 6.04 Å². The van der Waals surface area contributed by atoms with Crippen molar-refractivity contribution in [1.82, 2.24) is 4.90 Å². The number of likely N-dealkylation sites (tertiary alicyclic amines) is 1. The Labute approximate surface area is 183 Å². The molecule has 4 heteroatoms. The second-order valence-electron chi connectivity index (χ2n) is 8.44. The molecule has 0 spiro atoms. The number of benzene rings is 3. The Kier molecular flexibility index (Phi) is 6.19. The van der Waals surface area contributed by atoms with Crippen LogP contribution in [0.3, 0.4) is 0 Å². The first-order valence-corrected chi connectivity index (χ1v) is 10.8. The third kappa shape index (κ3) is 4.40. The predicted molar refractivity (Wildman–Crippen MR) is 121 cm³/mol. The second-order valence-corrected chi connectivity index (χ2v) is 8.44. The topological polar surface area (TPSA) is 40.5 Å². The summed E-state index contributed by atoms with van der Waals surface area (Å²) in [5, 5.41) is 9.67. The maximum Gasteiger partial charge on any atom is 0.223 e. The summed E-state index contributed by atoms with van der Waals surface area (Å²) in [6.07, 6.45) is 1.84. The van der Waals surface area contributed by atoms with Gasteiger partial charge in [0.25, 0.3) is 0 Å². The fourth-order valence-corrected chi connectivity index (χ4v) is 4.73. The largest absolute Gasteiger partial charge is 0.396 e. The van der Waals surface area contributed by atoms with Crippen LogP contribution in [-0.4, -0.2) is 29.1 Å². The minimum absolute atomic E-state index is 0.0299. The SMILES string of the molecule is C[C@@H](c1ccc(-c2ccc(F)cc2)cc1)N1CC[C@@](CCO)(c2ccccc2)CC1=O. The van der Waals surface area contributed by atoms with E-state index in [1.54, 1.807) is 12.1 Å². The number of hydrogen-bond donors (Lipinski definition) is 1. The highest BCUT2D eigenvalue weighted by Crippen LogP contribution is 2.41. The van der Waals surface area contributed by atoms with Crippen molar-refractivity contribution in [1.29, 1.82) is 0 Å². The number of aliphatic hydroxyl groups excluding tert-OH is 1. The number of carbonyl (C=O) groups is 1. The molecule has 160 valence electrons. The van der Waals surface area contributed by atoms with Crippen LogP contribution in [0.15, 0.2) is 78.9 Å². The van der Waals surface area contributed by atoms with Gasteiger partial charge in [-0.15, -0.1) is 0 Å². The minimum atomic E-state index is -0.296. The van der Waals surface area contributed by atoms with E-state index in [0.29, 0.717) is 19.4 Å². The normalized spacial score (nSPS) is 20.0. The first kappa shape index (κ1) is 21.3. The van der Waals surface area contributed by atoms with Crippen LogP contribution in [0.5, 0.6) is 0 Å². The van der Waals surface area contributed by atoms with E-state index in [2.05, 4.69) is 19.1 Å². The van der Waals surface area contributed by atoms with Crippen molar-refractivity contribution in [3.8, 4) is 11.1 Å². The van der Waals surface area contributed by atoms with E-state index in [1.807, 2.05) is 47.4 Å². The van der Waals surface area contributed by atoms with Crippen molar-refractivity contribution >= 4 is 5.91 Å². The molecule has 3 aromatic rings. The molecule has 2 atom stereocenters. The predicted octanol–water partition coefficient (Wildman–Crippen LogP) is 5.50. The lowest BCUT2D eigenvalue weighted by molar-refractivity contribution is -0.138. The van der Waals surface area contributed by atoms with Crippen LogP contribution in [0.25, 0.3) is 11.1 Å². The zero-order valence-corrected chi connectivity index (χ0v) is 17.8. The molecule has 0 saturated carbocycles. The molecule has 1 aliphatic heterocycles. The molecule has 0 aliphatic carbocycles. The molecule has 0 bridgehead atoms. The maximum absolute atomic E-state index is 13.2. The fourth-order valence-electron chi connectivity index (χ4n) is 4.73. The van der Waals surface area contributed by atoms with E-state index in [0.717, 1.165) is 28.7 Å².